The molecule has 0 unspecified atom stereocenters. The minimum Gasteiger partial charge on any atom is -0.323 e. The maximum atomic E-state index is 12.2. The number of carbonyl (C=O) groups is 1. The molecule has 2 rings (SSSR count). The van der Waals surface area contributed by atoms with Crippen molar-refractivity contribution in [2.75, 3.05) is 11.6 Å². The first-order valence-corrected chi connectivity index (χ1v) is 9.77. The van der Waals surface area contributed by atoms with Crippen molar-refractivity contribution in [3.8, 4) is 0 Å². The zero-order valence-corrected chi connectivity index (χ0v) is 14.6. The zero-order valence-electron chi connectivity index (χ0n) is 13.8. The van der Waals surface area contributed by atoms with Crippen molar-refractivity contribution in [3.05, 3.63) is 71.8 Å². The summed E-state index contributed by atoms with van der Waals surface area (Å²) >= 11 is 0. The number of carbonyl (C=O) groups excluding carboxylic acids is 1. The van der Waals surface area contributed by atoms with Gasteiger partial charge in [-0.1, -0.05) is 49.4 Å². The molecule has 0 aliphatic rings. The van der Waals surface area contributed by atoms with Crippen LogP contribution in [0.3, 0.4) is 0 Å². The van der Waals surface area contributed by atoms with Crippen LogP contribution in [-0.2, 0) is 20.4 Å². The lowest BCUT2D eigenvalue weighted by molar-refractivity contribution is -0.111. The molecule has 4 nitrogen and oxygen atoms in total. The van der Waals surface area contributed by atoms with E-state index in [4.69, 9.17) is 0 Å². The third-order valence-corrected chi connectivity index (χ3v) is 4.34. The van der Waals surface area contributed by atoms with Crippen LogP contribution in [0.15, 0.2) is 60.7 Å². The first-order chi connectivity index (χ1) is 11.4. The van der Waals surface area contributed by atoms with Crippen molar-refractivity contribution in [2.24, 2.45) is 0 Å². The lowest BCUT2D eigenvalue weighted by Gasteiger charge is -2.07. The minimum atomic E-state index is -3.06. The van der Waals surface area contributed by atoms with E-state index in [9.17, 15) is 13.2 Å². The highest BCUT2D eigenvalue weighted by Gasteiger charge is 2.06. The first kappa shape index (κ1) is 17.9. The predicted octanol–water partition coefficient (Wildman–Crippen LogP) is 3.66. The summed E-state index contributed by atoms with van der Waals surface area (Å²) < 4.78 is 22.5. The Morgan fingerprint density at radius 2 is 1.67 bits per heavy atom. The van der Waals surface area contributed by atoms with Crippen LogP contribution in [0.1, 0.15) is 24.5 Å². The van der Waals surface area contributed by atoms with Crippen LogP contribution in [0.4, 0.5) is 5.69 Å². The van der Waals surface area contributed by atoms with Crippen LogP contribution in [0.2, 0.25) is 0 Å². The van der Waals surface area contributed by atoms with Crippen LogP contribution in [0.5, 0.6) is 0 Å². The molecule has 0 saturated heterocycles. The zero-order chi connectivity index (χ0) is 17.6. The molecule has 5 heteroatoms. The van der Waals surface area contributed by atoms with Crippen molar-refractivity contribution < 1.29 is 13.2 Å². The second-order valence-electron chi connectivity index (χ2n) is 5.65. The van der Waals surface area contributed by atoms with Gasteiger partial charge < -0.3 is 5.32 Å². The predicted molar refractivity (Wildman–Crippen MR) is 98.3 cm³/mol. The molecule has 1 amide bonds. The summed E-state index contributed by atoms with van der Waals surface area (Å²) in [5, 5.41) is 2.80. The fourth-order valence-corrected chi connectivity index (χ4v) is 3.16. The third-order valence-electron chi connectivity index (χ3n) is 3.48. The van der Waals surface area contributed by atoms with Gasteiger partial charge in [0.15, 0.2) is 9.84 Å². The molecule has 126 valence electrons. The van der Waals surface area contributed by atoms with Gasteiger partial charge in [0, 0.05) is 18.0 Å². The van der Waals surface area contributed by atoms with Gasteiger partial charge in [-0.2, -0.15) is 0 Å². The molecular formula is C19H21NO3S. The normalized spacial score (nSPS) is 12.0. The van der Waals surface area contributed by atoms with Crippen LogP contribution < -0.4 is 5.32 Å². The third kappa shape index (κ3) is 5.66. The molecule has 0 spiro atoms. The fraction of sp³-hybridized carbons (Fsp3) is 0.211. The van der Waals surface area contributed by atoms with E-state index in [-0.39, 0.29) is 11.7 Å². The number of sulfone groups is 1. The molecule has 0 fully saturated rings. The fourth-order valence-electron chi connectivity index (χ4n) is 2.37. The molecule has 0 heterocycles. The average Bonchev–Trinajstić information content (AvgIpc) is 2.54. The number of anilines is 1. The van der Waals surface area contributed by atoms with E-state index in [1.54, 1.807) is 30.3 Å². The summed E-state index contributed by atoms with van der Waals surface area (Å²) in [6, 6.07) is 16.6. The monoisotopic (exact) mass is 343 g/mol. The maximum absolute atomic E-state index is 12.2. The van der Waals surface area contributed by atoms with Crippen molar-refractivity contribution in [1.29, 1.82) is 0 Å². The number of benzene rings is 2. The molecule has 0 bridgehead atoms. The molecule has 0 aromatic heterocycles. The van der Waals surface area contributed by atoms with Crippen LogP contribution in [0.25, 0.3) is 5.57 Å². The van der Waals surface area contributed by atoms with Gasteiger partial charge in [-0.15, -0.1) is 0 Å². The quantitative estimate of drug-likeness (QED) is 0.814. The van der Waals surface area contributed by atoms with Gasteiger partial charge >= 0.3 is 0 Å². The molecule has 1 N–H and O–H groups in total. The second-order valence-corrected chi connectivity index (χ2v) is 7.79. The minimum absolute atomic E-state index is 0.00484. The number of nitrogens with one attached hydrogen (secondary N) is 1. The van der Waals surface area contributed by atoms with Gasteiger partial charge in [0.05, 0.1) is 5.75 Å². The maximum Gasteiger partial charge on any atom is 0.248 e. The van der Waals surface area contributed by atoms with Crippen LogP contribution >= 0.6 is 0 Å². The molecule has 24 heavy (non-hydrogen) atoms. The Balaban J connectivity index is 2.07. The number of hydrogen-bond acceptors (Lipinski definition) is 3. The Bertz CT molecular complexity index is 823. The Kier molecular flexibility index (Phi) is 5.93. The van der Waals surface area contributed by atoms with Crippen molar-refractivity contribution >= 4 is 27.0 Å². The average molecular weight is 343 g/mol. The molecule has 2 aromatic rings. The molecule has 0 aliphatic carbocycles. The van der Waals surface area contributed by atoms with Crippen molar-refractivity contribution in [2.45, 2.75) is 19.1 Å². The molecule has 0 radical (unpaired) electrons. The van der Waals surface area contributed by atoms with E-state index in [2.05, 4.69) is 5.32 Å². The van der Waals surface area contributed by atoms with Gasteiger partial charge in [0.2, 0.25) is 5.91 Å². The number of amides is 1. The van der Waals surface area contributed by atoms with E-state index < -0.39 is 9.84 Å². The summed E-state index contributed by atoms with van der Waals surface area (Å²) in [5.41, 5.74) is 3.32. The van der Waals surface area contributed by atoms with Crippen molar-refractivity contribution in [1.82, 2.24) is 0 Å². The number of hydrogen-bond donors (Lipinski definition) is 1. The number of rotatable bonds is 6. The molecular weight excluding hydrogens is 322 g/mol. The topological polar surface area (TPSA) is 63.2 Å². The Labute approximate surface area is 143 Å². The molecule has 0 aliphatic heterocycles. The summed E-state index contributed by atoms with van der Waals surface area (Å²) in [6.45, 7) is 2.01. The Morgan fingerprint density at radius 1 is 1.04 bits per heavy atom. The SMILES string of the molecule is CC/C(=C\C(=O)Nc1ccc(CS(C)(=O)=O)cc1)c1ccccc1. The smallest absolute Gasteiger partial charge is 0.248 e. The van der Waals surface area contributed by atoms with Crippen LogP contribution in [-0.4, -0.2) is 20.6 Å². The Hall–Kier alpha value is -2.40. The van der Waals surface area contributed by atoms with E-state index in [0.29, 0.717) is 11.3 Å². The molecule has 2 aromatic carbocycles. The summed E-state index contributed by atoms with van der Waals surface area (Å²) in [6.07, 6.45) is 3.55. The van der Waals surface area contributed by atoms with E-state index in [1.165, 1.54) is 6.26 Å². The highest BCUT2D eigenvalue weighted by Crippen LogP contribution is 2.18. The highest BCUT2D eigenvalue weighted by atomic mass is 32.2. The second kappa shape index (κ2) is 7.93. The van der Waals surface area contributed by atoms with Gasteiger partial charge in [-0.25, -0.2) is 8.42 Å². The molecule has 0 saturated carbocycles. The summed E-state index contributed by atoms with van der Waals surface area (Å²) in [7, 11) is -3.06. The van der Waals surface area contributed by atoms with Gasteiger partial charge in [-0.05, 0) is 35.3 Å². The van der Waals surface area contributed by atoms with Gasteiger partial charge in [-0.3, -0.25) is 4.79 Å². The van der Waals surface area contributed by atoms with Gasteiger partial charge in [0.1, 0.15) is 0 Å². The lowest BCUT2D eigenvalue weighted by atomic mass is 10.0. The van der Waals surface area contributed by atoms with Crippen LogP contribution in [0, 0.1) is 0 Å². The molecule has 0 atom stereocenters. The van der Waals surface area contributed by atoms with Gasteiger partial charge in [0.25, 0.3) is 0 Å². The lowest BCUT2D eigenvalue weighted by Crippen LogP contribution is -2.09. The van der Waals surface area contributed by atoms with E-state index in [0.717, 1.165) is 17.6 Å². The first-order valence-electron chi connectivity index (χ1n) is 7.71. The standard InChI is InChI=1S/C19H21NO3S/c1-3-16(17-7-5-4-6-8-17)13-19(21)20-18-11-9-15(10-12-18)14-24(2,22)23/h4-13H,3,14H2,1-2H3,(H,20,21)/b16-13+. The highest BCUT2D eigenvalue weighted by molar-refractivity contribution is 7.89. The summed E-state index contributed by atoms with van der Waals surface area (Å²) in [4.78, 5) is 12.2. The number of allylic oxidation sites excluding steroid dienone is 1. The Morgan fingerprint density at radius 3 is 2.21 bits per heavy atom. The largest absolute Gasteiger partial charge is 0.323 e. The van der Waals surface area contributed by atoms with E-state index >= 15 is 0 Å². The summed E-state index contributed by atoms with van der Waals surface area (Å²) in [5.74, 6) is -0.207. The van der Waals surface area contributed by atoms with E-state index in [1.807, 2.05) is 37.3 Å². The van der Waals surface area contributed by atoms with Crippen molar-refractivity contribution in [3.63, 3.8) is 0 Å².